The first-order chi connectivity index (χ1) is 24.8. The van der Waals surface area contributed by atoms with E-state index < -0.39 is 117 Å². The molecule has 0 N–H and O–H groups in total. The maximum atomic E-state index is 12.7. The van der Waals surface area contributed by atoms with E-state index in [9.17, 15) is 114 Å². The molecule has 0 aromatic carbocycles. The molecule has 342 valence electrons. The van der Waals surface area contributed by atoms with Crippen LogP contribution in [0.25, 0.3) is 0 Å². The van der Waals surface area contributed by atoms with Gasteiger partial charge in [0.2, 0.25) is 20.6 Å². The molecule has 0 aliphatic rings. The standard InChI is InChI=1S/C6H6F8.C4H6F4.C4H9FO.C3H4F4.C3H5F.2CH2F2O.CH2F2.2CH3F/c7-3-4(8,1-5(9,10)11)2-6(12,13)14;5-1-4(8,2-6)3-7;1-2-3-6-4-5;4-2-1-3(5,6)7;1-2-3-4;2*2-1-4-3;2-1-3;2*1-2/h1-3H2;1-3H2;2-4H2,1H3;1-2H2;2H,1,3H2;2*1H2;1H2;2*1H3. The summed E-state index contributed by atoms with van der Waals surface area (Å²) in [7, 11) is 1.00. The quantitative estimate of drug-likeness (QED) is 0.105. The van der Waals surface area contributed by atoms with Crippen LogP contribution in [0.3, 0.4) is 0 Å². The van der Waals surface area contributed by atoms with Gasteiger partial charge in [0.25, 0.3) is 0 Å². The Morgan fingerprint density at radius 3 is 0.815 bits per heavy atom. The zero-order valence-electron chi connectivity index (χ0n) is 28.4. The van der Waals surface area contributed by atoms with E-state index in [1.807, 2.05) is 6.92 Å². The smallest absolute Gasteiger partial charge is 0.351 e. The van der Waals surface area contributed by atoms with E-state index in [0.717, 1.165) is 6.42 Å². The third kappa shape index (κ3) is 117. The highest BCUT2D eigenvalue weighted by Crippen LogP contribution is 2.38. The van der Waals surface area contributed by atoms with Crippen LogP contribution in [-0.4, -0.2) is 118 Å². The maximum absolute atomic E-state index is 12.7. The molecule has 0 aliphatic heterocycles. The van der Waals surface area contributed by atoms with Crippen molar-refractivity contribution in [1.82, 2.24) is 0 Å². The third-order valence-electron chi connectivity index (χ3n) is 2.99. The van der Waals surface area contributed by atoms with Gasteiger partial charge in [0.1, 0.15) is 33.4 Å². The van der Waals surface area contributed by atoms with Gasteiger partial charge in [-0.2, -0.15) is 49.4 Å². The van der Waals surface area contributed by atoms with Gasteiger partial charge in [-0.05, 0) is 15.5 Å². The molecule has 0 aromatic rings. The summed E-state index contributed by atoms with van der Waals surface area (Å²) in [5.74, 6) is 0. The number of ether oxygens (including phenoxy) is 1. The molecule has 0 bridgehead atoms. The first-order valence-corrected chi connectivity index (χ1v) is 12.9. The number of hydrogen-bond donors (Lipinski definition) is 0. The monoisotopic (exact) mass is 884 g/mol. The van der Waals surface area contributed by atoms with Crippen LogP contribution in [0.1, 0.15) is 32.6 Å². The van der Waals surface area contributed by atoms with Crippen molar-refractivity contribution in [2.24, 2.45) is 0 Å². The van der Waals surface area contributed by atoms with Crippen molar-refractivity contribution in [3.8, 4) is 0 Å². The highest BCUT2D eigenvalue weighted by Gasteiger charge is 2.49. The van der Waals surface area contributed by atoms with Crippen LogP contribution in [-0.2, 0) is 14.6 Å². The topological polar surface area (TPSA) is 27.7 Å². The molecule has 29 heteroatoms. The highest BCUT2D eigenvalue weighted by molar-refractivity contribution is 4.84. The molecule has 0 aromatic heterocycles. The van der Waals surface area contributed by atoms with Crippen LogP contribution in [0.4, 0.5) is 114 Å². The van der Waals surface area contributed by atoms with Gasteiger partial charge in [0.05, 0.1) is 40.3 Å². The molecule has 0 atom stereocenters. The number of alkyl halides is 24. The van der Waals surface area contributed by atoms with Crippen molar-refractivity contribution in [3.63, 3.8) is 0 Å². The Morgan fingerprint density at radius 2 is 0.759 bits per heavy atom. The van der Waals surface area contributed by atoms with Crippen LogP contribution in [0, 0.1) is 0 Å². The Balaban J connectivity index is -0.0000000532. The van der Waals surface area contributed by atoms with Gasteiger partial charge in [-0.1, -0.05) is 13.0 Å². The Hall–Kier alpha value is -2.20. The Labute approximate surface area is 293 Å². The SMILES string of the molecule is C=CCF.CCCOCF.CF.CF.FCC(F)(CC(F)(F)F)CC(F)(F)F.FCC(F)(CF)CF.FCCC(F)(F)F.FCF.FCOF.FCOF. The fourth-order valence-corrected chi connectivity index (χ4v) is 1.29. The summed E-state index contributed by atoms with van der Waals surface area (Å²) in [5.41, 5.74) is -6.78. The van der Waals surface area contributed by atoms with E-state index in [1.165, 1.54) is 6.08 Å². The van der Waals surface area contributed by atoms with E-state index in [0.29, 0.717) is 21.0 Å². The molecule has 0 fully saturated rings. The summed E-state index contributed by atoms with van der Waals surface area (Å²) in [4.78, 5) is 4.75. The fraction of sp³-hybridized carbons (Fsp3) is 0.920. The average Bonchev–Trinajstić information content (AvgIpc) is 3.11. The minimum Gasteiger partial charge on any atom is -0.351 e. The number of allylic oxidation sites excluding steroid dienone is 1. The van der Waals surface area contributed by atoms with Gasteiger partial charge >= 0.3 is 18.5 Å². The Morgan fingerprint density at radius 1 is 0.500 bits per heavy atom. The van der Waals surface area contributed by atoms with Gasteiger partial charge in [-0.15, -0.1) is 6.58 Å². The van der Waals surface area contributed by atoms with Crippen molar-refractivity contribution < 1.29 is 129 Å². The molecule has 0 saturated carbocycles. The lowest BCUT2D eigenvalue weighted by Gasteiger charge is -2.24. The molecule has 0 radical (unpaired) electrons. The van der Waals surface area contributed by atoms with Crippen LogP contribution in [0.15, 0.2) is 12.7 Å². The molecule has 0 unspecified atom stereocenters. The zero-order valence-corrected chi connectivity index (χ0v) is 28.4. The summed E-state index contributed by atoms with van der Waals surface area (Å²) in [6.07, 6.45) is -18.7. The van der Waals surface area contributed by atoms with Crippen molar-refractivity contribution in [3.05, 3.63) is 12.7 Å². The van der Waals surface area contributed by atoms with Gasteiger partial charge in [0.15, 0.2) is 18.2 Å². The predicted molar refractivity (Wildman–Crippen MR) is 145 cm³/mol. The number of rotatable bonds is 13. The molecular weight excluding hydrogens is 842 g/mol. The Bertz CT molecular complexity index is 571. The minimum atomic E-state index is -5.16. The summed E-state index contributed by atoms with van der Waals surface area (Å²) in [6.45, 7) is -8.34. The maximum Gasteiger partial charge on any atom is 0.392 e. The summed E-state index contributed by atoms with van der Waals surface area (Å²) in [5, 5.41) is 0. The lowest BCUT2D eigenvalue weighted by atomic mass is 9.99. The molecule has 0 heterocycles. The normalized spacial score (nSPS) is 10.2. The van der Waals surface area contributed by atoms with Gasteiger partial charge in [-0.25, -0.2) is 52.7 Å². The van der Waals surface area contributed by atoms with E-state index in [-0.39, 0.29) is 0 Å². The van der Waals surface area contributed by atoms with Crippen LogP contribution < -0.4 is 0 Å². The molecule has 54 heavy (non-hydrogen) atoms. The molecule has 0 rings (SSSR count). The summed E-state index contributed by atoms with van der Waals surface area (Å²) < 4.78 is 286. The molecule has 0 saturated heterocycles. The van der Waals surface area contributed by atoms with Gasteiger partial charge < -0.3 is 4.74 Å². The summed E-state index contributed by atoms with van der Waals surface area (Å²) >= 11 is 0. The van der Waals surface area contributed by atoms with Gasteiger partial charge in [-0.3, -0.25) is 13.2 Å². The van der Waals surface area contributed by atoms with Crippen LogP contribution >= 0.6 is 0 Å². The number of hydrogen-bond acceptors (Lipinski definition) is 3. The zero-order chi connectivity index (χ0) is 45.9. The van der Waals surface area contributed by atoms with E-state index in [2.05, 4.69) is 21.2 Å². The lowest BCUT2D eigenvalue weighted by molar-refractivity contribution is -0.201. The van der Waals surface area contributed by atoms with Crippen LogP contribution in [0.5, 0.6) is 0 Å². The second-order valence-corrected chi connectivity index (χ2v) is 7.47. The average molecular weight is 885 g/mol. The van der Waals surface area contributed by atoms with Gasteiger partial charge in [0, 0.05) is 6.61 Å². The third-order valence-corrected chi connectivity index (χ3v) is 2.99. The lowest BCUT2D eigenvalue weighted by Crippen LogP contribution is -2.37. The van der Waals surface area contributed by atoms with E-state index in [4.69, 9.17) is 0 Å². The minimum absolute atomic E-state index is 0.417. The molecule has 0 aliphatic carbocycles. The highest BCUT2D eigenvalue weighted by atomic mass is 19.4. The first kappa shape index (κ1) is 76.5. The summed E-state index contributed by atoms with van der Waals surface area (Å²) in [6, 6.07) is 0. The number of halogens is 26. The second-order valence-electron chi connectivity index (χ2n) is 7.47. The fourth-order valence-electron chi connectivity index (χ4n) is 1.29. The Kier molecular flexibility index (Phi) is 81.5. The first-order valence-electron chi connectivity index (χ1n) is 12.9. The largest absolute Gasteiger partial charge is 0.392 e. The molecule has 0 amide bonds. The second kappa shape index (κ2) is 57.5. The van der Waals surface area contributed by atoms with E-state index in [1.54, 1.807) is 0 Å². The molecule has 3 nitrogen and oxygen atoms in total. The van der Waals surface area contributed by atoms with Crippen LogP contribution in [0.2, 0.25) is 0 Å². The van der Waals surface area contributed by atoms with Crippen molar-refractivity contribution in [1.29, 1.82) is 0 Å². The van der Waals surface area contributed by atoms with Crippen molar-refractivity contribution in [2.75, 3.05) is 88.5 Å². The van der Waals surface area contributed by atoms with E-state index >= 15 is 0 Å². The molecular formula is C25H42F26O3. The van der Waals surface area contributed by atoms with Crippen molar-refractivity contribution >= 4 is 0 Å². The predicted octanol–water partition coefficient (Wildman–Crippen LogP) is 13.2. The molecule has 0 spiro atoms. The van der Waals surface area contributed by atoms with Crippen molar-refractivity contribution in [2.45, 2.75) is 62.5 Å².